The number of ether oxygens (including phenoxy) is 1. The quantitative estimate of drug-likeness (QED) is 0.666. The highest BCUT2D eigenvalue weighted by atomic mass is 16.5. The lowest BCUT2D eigenvalue weighted by molar-refractivity contribution is -0.141. The molecule has 0 aliphatic carbocycles. The van der Waals surface area contributed by atoms with E-state index in [2.05, 4.69) is 0 Å². The van der Waals surface area contributed by atoms with Gasteiger partial charge in [-0.3, -0.25) is 9.59 Å². The minimum atomic E-state index is 0.0398. The van der Waals surface area contributed by atoms with Crippen molar-refractivity contribution in [2.24, 2.45) is 5.92 Å². The topological polar surface area (TPSA) is 49.9 Å². The van der Waals surface area contributed by atoms with E-state index in [0.29, 0.717) is 32.6 Å². The van der Waals surface area contributed by atoms with E-state index in [1.807, 2.05) is 23.6 Å². The van der Waals surface area contributed by atoms with Crippen molar-refractivity contribution in [3.05, 3.63) is 0 Å². The Hall–Kier alpha value is -1.10. The van der Waals surface area contributed by atoms with E-state index < -0.39 is 0 Å². The second-order valence-electron chi connectivity index (χ2n) is 5.66. The summed E-state index contributed by atoms with van der Waals surface area (Å²) in [5, 5.41) is 0. The average molecular weight is 284 g/mol. The lowest BCUT2D eigenvalue weighted by Crippen LogP contribution is -2.51. The third-order valence-electron chi connectivity index (χ3n) is 3.68. The molecule has 0 saturated carbocycles. The summed E-state index contributed by atoms with van der Waals surface area (Å²) in [6.07, 6.45) is 3.58. The summed E-state index contributed by atoms with van der Waals surface area (Å²) < 4.78 is 4.99. The van der Waals surface area contributed by atoms with Crippen LogP contribution in [0.4, 0.5) is 0 Å². The molecule has 0 unspecified atom stereocenters. The van der Waals surface area contributed by atoms with Gasteiger partial charge in [-0.2, -0.15) is 0 Å². The standard InChI is InChI=1S/C15H28N2O3/c1-13(2)15(19)17-10-8-16(9-11-17)14(18)7-5-4-6-12-20-3/h13H,4-12H2,1-3H3. The second kappa shape index (κ2) is 8.95. The highest BCUT2D eigenvalue weighted by Gasteiger charge is 2.24. The Morgan fingerprint density at radius 2 is 1.60 bits per heavy atom. The zero-order chi connectivity index (χ0) is 15.0. The maximum absolute atomic E-state index is 12.0. The van der Waals surface area contributed by atoms with Crippen molar-refractivity contribution in [1.29, 1.82) is 0 Å². The van der Waals surface area contributed by atoms with Crippen LogP contribution in [0.3, 0.4) is 0 Å². The molecule has 1 rings (SSSR count). The Morgan fingerprint density at radius 3 is 2.15 bits per heavy atom. The maximum Gasteiger partial charge on any atom is 0.225 e. The van der Waals surface area contributed by atoms with Crippen LogP contribution < -0.4 is 0 Å². The first-order valence-electron chi connectivity index (χ1n) is 7.61. The Labute approximate surface area is 122 Å². The van der Waals surface area contributed by atoms with Crippen LogP contribution in [0.5, 0.6) is 0 Å². The molecule has 2 amide bonds. The SMILES string of the molecule is COCCCCCC(=O)N1CCN(C(=O)C(C)C)CC1. The van der Waals surface area contributed by atoms with Gasteiger partial charge in [0.1, 0.15) is 0 Å². The molecule has 0 aromatic rings. The molecule has 116 valence electrons. The lowest BCUT2D eigenvalue weighted by atomic mass is 10.1. The van der Waals surface area contributed by atoms with Crippen molar-refractivity contribution >= 4 is 11.8 Å². The van der Waals surface area contributed by atoms with Crippen molar-refractivity contribution in [2.45, 2.75) is 39.5 Å². The monoisotopic (exact) mass is 284 g/mol. The lowest BCUT2D eigenvalue weighted by Gasteiger charge is -2.35. The molecule has 0 aromatic heterocycles. The number of unbranched alkanes of at least 4 members (excludes halogenated alkanes) is 2. The highest BCUT2D eigenvalue weighted by Crippen LogP contribution is 2.10. The van der Waals surface area contributed by atoms with Gasteiger partial charge in [0.15, 0.2) is 0 Å². The van der Waals surface area contributed by atoms with Crippen molar-refractivity contribution in [3.8, 4) is 0 Å². The zero-order valence-electron chi connectivity index (χ0n) is 13.1. The number of amides is 2. The van der Waals surface area contributed by atoms with Gasteiger partial charge in [0.05, 0.1) is 0 Å². The third-order valence-corrected chi connectivity index (χ3v) is 3.68. The van der Waals surface area contributed by atoms with Gasteiger partial charge >= 0.3 is 0 Å². The predicted octanol–water partition coefficient (Wildman–Crippen LogP) is 1.52. The molecule has 20 heavy (non-hydrogen) atoms. The van der Waals surface area contributed by atoms with Gasteiger partial charge in [-0.25, -0.2) is 0 Å². The minimum Gasteiger partial charge on any atom is -0.385 e. The fourth-order valence-corrected chi connectivity index (χ4v) is 2.40. The van der Waals surface area contributed by atoms with E-state index in [1.54, 1.807) is 7.11 Å². The van der Waals surface area contributed by atoms with Crippen molar-refractivity contribution in [3.63, 3.8) is 0 Å². The Kier molecular flexibility index (Phi) is 7.59. The number of nitrogens with zero attached hydrogens (tertiary/aromatic N) is 2. The van der Waals surface area contributed by atoms with Crippen LogP contribution in [0.1, 0.15) is 39.5 Å². The normalized spacial score (nSPS) is 15.8. The highest BCUT2D eigenvalue weighted by molar-refractivity contribution is 5.79. The molecule has 0 aromatic carbocycles. The molecule has 5 nitrogen and oxygen atoms in total. The first-order chi connectivity index (χ1) is 9.56. The van der Waals surface area contributed by atoms with E-state index in [0.717, 1.165) is 25.9 Å². The van der Waals surface area contributed by atoms with Crippen molar-refractivity contribution in [1.82, 2.24) is 9.80 Å². The Morgan fingerprint density at radius 1 is 1.00 bits per heavy atom. The van der Waals surface area contributed by atoms with Crippen LogP contribution in [0.2, 0.25) is 0 Å². The summed E-state index contributed by atoms with van der Waals surface area (Å²) in [4.78, 5) is 27.6. The zero-order valence-corrected chi connectivity index (χ0v) is 13.1. The van der Waals surface area contributed by atoms with E-state index in [-0.39, 0.29) is 17.7 Å². The van der Waals surface area contributed by atoms with E-state index in [9.17, 15) is 9.59 Å². The summed E-state index contributed by atoms with van der Waals surface area (Å²) >= 11 is 0. The van der Waals surface area contributed by atoms with Gasteiger partial charge in [-0.15, -0.1) is 0 Å². The van der Waals surface area contributed by atoms with Gasteiger partial charge in [-0.1, -0.05) is 20.3 Å². The predicted molar refractivity (Wildman–Crippen MR) is 78.3 cm³/mol. The van der Waals surface area contributed by atoms with E-state index in [4.69, 9.17) is 4.74 Å². The molecule has 1 fully saturated rings. The number of carbonyl (C=O) groups is 2. The van der Waals surface area contributed by atoms with Gasteiger partial charge in [-0.05, 0) is 12.8 Å². The van der Waals surface area contributed by atoms with Gasteiger partial charge in [0, 0.05) is 52.2 Å². The Bertz CT molecular complexity index is 310. The fraction of sp³-hybridized carbons (Fsp3) is 0.867. The van der Waals surface area contributed by atoms with Crippen LogP contribution in [-0.4, -0.2) is 61.5 Å². The summed E-state index contributed by atoms with van der Waals surface area (Å²) in [5.41, 5.74) is 0. The largest absolute Gasteiger partial charge is 0.385 e. The minimum absolute atomic E-state index is 0.0398. The number of rotatable bonds is 7. The average Bonchev–Trinajstić information content (AvgIpc) is 2.46. The first-order valence-corrected chi connectivity index (χ1v) is 7.61. The van der Waals surface area contributed by atoms with E-state index in [1.165, 1.54) is 0 Å². The number of carbonyl (C=O) groups excluding carboxylic acids is 2. The fourth-order valence-electron chi connectivity index (χ4n) is 2.40. The van der Waals surface area contributed by atoms with Crippen LogP contribution in [0.25, 0.3) is 0 Å². The molecule has 5 heteroatoms. The van der Waals surface area contributed by atoms with E-state index >= 15 is 0 Å². The maximum atomic E-state index is 12.0. The molecular formula is C15H28N2O3. The summed E-state index contributed by atoms with van der Waals surface area (Å²) in [7, 11) is 1.70. The molecule has 0 atom stereocenters. The number of methoxy groups -OCH3 is 1. The molecule has 0 radical (unpaired) electrons. The smallest absolute Gasteiger partial charge is 0.225 e. The summed E-state index contributed by atoms with van der Waals surface area (Å²) in [6.45, 7) is 7.30. The van der Waals surface area contributed by atoms with Crippen LogP contribution in [-0.2, 0) is 14.3 Å². The summed E-state index contributed by atoms with van der Waals surface area (Å²) in [5.74, 6) is 0.453. The molecular weight excluding hydrogens is 256 g/mol. The first kappa shape index (κ1) is 17.0. The molecule has 1 aliphatic heterocycles. The Balaban J connectivity index is 2.20. The molecule has 0 spiro atoms. The molecule has 1 saturated heterocycles. The number of piperazine rings is 1. The van der Waals surface area contributed by atoms with Gasteiger partial charge < -0.3 is 14.5 Å². The number of hydrogen-bond acceptors (Lipinski definition) is 3. The van der Waals surface area contributed by atoms with Crippen LogP contribution >= 0.6 is 0 Å². The van der Waals surface area contributed by atoms with Crippen LogP contribution in [0.15, 0.2) is 0 Å². The second-order valence-corrected chi connectivity index (χ2v) is 5.66. The van der Waals surface area contributed by atoms with Crippen molar-refractivity contribution in [2.75, 3.05) is 39.9 Å². The molecule has 0 N–H and O–H groups in total. The molecule has 0 bridgehead atoms. The van der Waals surface area contributed by atoms with Gasteiger partial charge in [0.25, 0.3) is 0 Å². The molecule has 1 aliphatic rings. The third kappa shape index (κ3) is 5.49. The van der Waals surface area contributed by atoms with Crippen molar-refractivity contribution < 1.29 is 14.3 Å². The van der Waals surface area contributed by atoms with Crippen LogP contribution in [0, 0.1) is 5.92 Å². The molecule has 1 heterocycles. The summed E-state index contributed by atoms with van der Waals surface area (Å²) in [6, 6.07) is 0. The number of hydrogen-bond donors (Lipinski definition) is 0. The van der Waals surface area contributed by atoms with Gasteiger partial charge in [0.2, 0.25) is 11.8 Å².